The Morgan fingerprint density at radius 3 is 2.59 bits per heavy atom. The monoisotopic (exact) mass is 420 g/mol. The van der Waals surface area contributed by atoms with Crippen LogP contribution in [0.3, 0.4) is 0 Å². The Labute approximate surface area is 180 Å². The summed E-state index contributed by atoms with van der Waals surface area (Å²) in [5.74, 6) is 1.93. The number of hydrogen-bond donors (Lipinski definition) is 0. The molecule has 0 heterocycles. The van der Waals surface area contributed by atoms with Crippen molar-refractivity contribution in [1.82, 2.24) is 0 Å². The maximum Gasteiger partial charge on any atom is 0.193 e. The van der Waals surface area contributed by atoms with Crippen LogP contribution in [0.15, 0.2) is 12.2 Å². The summed E-state index contributed by atoms with van der Waals surface area (Å²) in [7, 11) is -1.81. The molecule has 0 N–H and O–H groups in total. The molecule has 3 rings (SSSR count). The number of ether oxygens (including phenoxy) is 1. The number of hydrogen-bond acceptors (Lipinski definition) is 3. The van der Waals surface area contributed by atoms with Crippen molar-refractivity contribution in [3.05, 3.63) is 12.2 Å². The molecule has 0 aromatic carbocycles. The van der Waals surface area contributed by atoms with E-state index in [4.69, 9.17) is 9.16 Å². The molecule has 0 aromatic rings. The van der Waals surface area contributed by atoms with Gasteiger partial charge in [-0.1, -0.05) is 46.8 Å². The molecule has 0 spiro atoms. The normalized spacial score (nSPS) is 39.0. The smallest absolute Gasteiger partial charge is 0.193 e. The summed E-state index contributed by atoms with van der Waals surface area (Å²) in [6.07, 6.45) is 10.9. The van der Waals surface area contributed by atoms with E-state index in [1.165, 1.54) is 12.8 Å². The third-order valence-electron chi connectivity index (χ3n) is 8.76. The first-order valence-corrected chi connectivity index (χ1v) is 14.7. The van der Waals surface area contributed by atoms with Crippen LogP contribution in [-0.4, -0.2) is 32.4 Å². The maximum atomic E-state index is 12.4. The van der Waals surface area contributed by atoms with Crippen molar-refractivity contribution < 1.29 is 14.0 Å². The van der Waals surface area contributed by atoms with E-state index in [0.29, 0.717) is 23.5 Å². The van der Waals surface area contributed by atoms with Crippen molar-refractivity contribution in [1.29, 1.82) is 0 Å². The first-order chi connectivity index (χ1) is 13.3. The fraction of sp³-hybridized carbons (Fsp3) is 0.880. The van der Waals surface area contributed by atoms with E-state index in [1.54, 1.807) is 0 Å². The van der Waals surface area contributed by atoms with Gasteiger partial charge in [0.15, 0.2) is 8.32 Å². The zero-order valence-electron chi connectivity index (χ0n) is 20.1. The van der Waals surface area contributed by atoms with E-state index in [2.05, 4.69) is 66.8 Å². The molecular formula is C25H44O3Si. The quantitative estimate of drug-likeness (QED) is 0.362. The summed E-state index contributed by atoms with van der Waals surface area (Å²) in [6.45, 7) is 19.2. The van der Waals surface area contributed by atoms with Gasteiger partial charge >= 0.3 is 0 Å². The fourth-order valence-electron chi connectivity index (χ4n) is 6.07. The van der Waals surface area contributed by atoms with Gasteiger partial charge < -0.3 is 9.16 Å². The highest BCUT2D eigenvalue weighted by Gasteiger charge is 2.52. The predicted molar refractivity (Wildman–Crippen MR) is 123 cm³/mol. The summed E-state index contributed by atoms with van der Waals surface area (Å²) < 4.78 is 13.1. The van der Waals surface area contributed by atoms with E-state index in [1.807, 2.05) is 0 Å². The minimum Gasteiger partial charge on any atom is -0.408 e. The fourth-order valence-corrected chi connectivity index (χ4v) is 7.69. The third-order valence-corrected chi connectivity index (χ3v) is 13.4. The van der Waals surface area contributed by atoms with Crippen LogP contribution in [0.2, 0.25) is 18.1 Å². The molecule has 3 aliphatic rings. The summed E-state index contributed by atoms with van der Waals surface area (Å²) in [5.41, 5.74) is -0.0132. The molecule has 3 nitrogen and oxygen atoms in total. The molecule has 6 atom stereocenters. The average molecular weight is 421 g/mol. The molecule has 4 heteroatoms. The van der Waals surface area contributed by atoms with Crippen LogP contribution in [0, 0.1) is 23.2 Å². The molecule has 1 unspecified atom stereocenters. The van der Waals surface area contributed by atoms with Gasteiger partial charge in [0.05, 0.1) is 18.3 Å². The van der Waals surface area contributed by atoms with E-state index in [0.717, 1.165) is 32.3 Å². The molecule has 2 saturated carbocycles. The molecule has 2 fully saturated rings. The lowest BCUT2D eigenvalue weighted by Crippen LogP contribution is -2.47. The van der Waals surface area contributed by atoms with E-state index >= 15 is 0 Å². The molecule has 3 aliphatic carbocycles. The van der Waals surface area contributed by atoms with Crippen molar-refractivity contribution in [3.8, 4) is 0 Å². The number of carbonyl (C=O) groups excluding carboxylic acids is 1. The second-order valence-electron chi connectivity index (χ2n) is 12.1. The highest BCUT2D eigenvalue weighted by molar-refractivity contribution is 6.74. The van der Waals surface area contributed by atoms with Crippen LogP contribution >= 0.6 is 0 Å². The van der Waals surface area contributed by atoms with Crippen molar-refractivity contribution in [2.24, 2.45) is 23.2 Å². The first kappa shape index (κ1) is 23.2. The lowest BCUT2D eigenvalue weighted by Gasteiger charge is -2.43. The van der Waals surface area contributed by atoms with Gasteiger partial charge in [0.25, 0.3) is 0 Å². The van der Waals surface area contributed by atoms with E-state index < -0.39 is 8.32 Å². The zero-order chi connectivity index (χ0) is 21.7. The van der Waals surface area contributed by atoms with Crippen molar-refractivity contribution >= 4 is 14.1 Å². The number of Topliss-reactive ketones (excluding diaryl/α,β-unsaturated/α-hetero) is 1. The Morgan fingerprint density at radius 2 is 1.93 bits per heavy atom. The standard InChI is InChI=1S/C25H44O3Si/c1-18(20-11-12-21-22(26)10-9-14-25(20,21)6)17-27-19-13-15-24(5,16-19)28-29(7,8)23(2,3)4/h13,15,18-21H,9-12,14,16-17H2,1-8H3/t18-,19-,20+,21?,24+,25+/m0/s1. The highest BCUT2D eigenvalue weighted by Crippen LogP contribution is 2.56. The molecule has 0 radical (unpaired) electrons. The third kappa shape index (κ3) is 4.60. The molecule has 0 bridgehead atoms. The van der Waals surface area contributed by atoms with Crippen molar-refractivity contribution in [2.45, 2.75) is 110 Å². The lowest BCUT2D eigenvalue weighted by molar-refractivity contribution is -0.130. The van der Waals surface area contributed by atoms with Gasteiger partial charge in [-0.15, -0.1) is 0 Å². The Hall–Kier alpha value is -0.453. The Morgan fingerprint density at radius 1 is 1.24 bits per heavy atom. The summed E-state index contributed by atoms with van der Waals surface area (Å²) in [5, 5.41) is 0.212. The van der Waals surface area contributed by atoms with E-state index in [-0.39, 0.29) is 22.2 Å². The molecule has 0 aliphatic heterocycles. The van der Waals surface area contributed by atoms with Crippen LogP contribution in [0.5, 0.6) is 0 Å². The van der Waals surface area contributed by atoms with Gasteiger partial charge in [-0.3, -0.25) is 4.79 Å². The number of carbonyl (C=O) groups is 1. The first-order valence-electron chi connectivity index (χ1n) is 11.8. The van der Waals surface area contributed by atoms with Gasteiger partial charge in [-0.25, -0.2) is 0 Å². The average Bonchev–Trinajstić information content (AvgIpc) is 3.12. The Bertz CT molecular complexity index is 649. The number of fused-ring (bicyclic) bond motifs is 1. The van der Waals surface area contributed by atoms with Gasteiger partial charge in [0.1, 0.15) is 5.78 Å². The summed E-state index contributed by atoms with van der Waals surface area (Å²) in [4.78, 5) is 12.4. The van der Waals surface area contributed by atoms with E-state index in [9.17, 15) is 4.79 Å². The van der Waals surface area contributed by atoms with Gasteiger partial charge in [0, 0.05) is 18.8 Å². The minimum absolute atomic E-state index is 0.144. The van der Waals surface area contributed by atoms with Gasteiger partial charge in [-0.2, -0.15) is 0 Å². The molecule has 166 valence electrons. The summed E-state index contributed by atoms with van der Waals surface area (Å²) in [6, 6.07) is 0. The largest absolute Gasteiger partial charge is 0.408 e. The van der Waals surface area contributed by atoms with Crippen LogP contribution in [0.25, 0.3) is 0 Å². The topological polar surface area (TPSA) is 35.5 Å². The summed E-state index contributed by atoms with van der Waals surface area (Å²) >= 11 is 0. The van der Waals surface area contributed by atoms with Gasteiger partial charge in [-0.05, 0) is 68.0 Å². The van der Waals surface area contributed by atoms with Crippen LogP contribution in [0.1, 0.15) is 80.1 Å². The number of rotatable bonds is 6. The molecular weight excluding hydrogens is 376 g/mol. The molecule has 0 amide bonds. The van der Waals surface area contributed by atoms with Crippen LogP contribution in [0.4, 0.5) is 0 Å². The zero-order valence-corrected chi connectivity index (χ0v) is 21.1. The van der Waals surface area contributed by atoms with Crippen LogP contribution < -0.4 is 0 Å². The van der Waals surface area contributed by atoms with Crippen molar-refractivity contribution in [2.75, 3.05) is 6.61 Å². The number of ketones is 1. The second-order valence-corrected chi connectivity index (χ2v) is 16.9. The highest BCUT2D eigenvalue weighted by atomic mass is 28.4. The Balaban J connectivity index is 1.54. The Kier molecular flexibility index (Phi) is 6.33. The SMILES string of the molecule is C[C@@H](CO[C@H]1C=C[C@@](C)(O[Si](C)(C)C(C)(C)C)C1)[C@H]1CCC2C(=O)CCC[C@@]21C. The predicted octanol–water partition coefficient (Wildman–Crippen LogP) is 6.53. The molecule has 0 aromatic heterocycles. The second kappa shape index (κ2) is 7.91. The van der Waals surface area contributed by atoms with Crippen LogP contribution in [-0.2, 0) is 14.0 Å². The minimum atomic E-state index is -1.81. The molecule has 0 saturated heterocycles. The maximum absolute atomic E-state index is 12.4. The lowest BCUT2D eigenvalue weighted by atomic mass is 9.62. The van der Waals surface area contributed by atoms with Crippen molar-refractivity contribution in [3.63, 3.8) is 0 Å². The molecule has 29 heavy (non-hydrogen) atoms. The van der Waals surface area contributed by atoms with Gasteiger partial charge in [0.2, 0.25) is 0 Å².